The number of nitrogens with zero attached hydrogens (tertiary/aromatic N) is 3. The molecule has 1 aliphatic heterocycles. The highest BCUT2D eigenvalue weighted by Crippen LogP contribution is 2.24. The van der Waals surface area contributed by atoms with Gasteiger partial charge < -0.3 is 9.67 Å². The van der Waals surface area contributed by atoms with Crippen molar-refractivity contribution < 1.29 is 13.5 Å². The molecule has 0 amide bonds. The lowest BCUT2D eigenvalue weighted by molar-refractivity contribution is 0.275. The van der Waals surface area contributed by atoms with E-state index < -0.39 is 9.84 Å². The van der Waals surface area contributed by atoms with Crippen LogP contribution in [0.5, 0.6) is 0 Å². The summed E-state index contributed by atoms with van der Waals surface area (Å²) >= 11 is 0. The molecule has 2 aromatic rings. The van der Waals surface area contributed by atoms with E-state index in [0.717, 1.165) is 17.0 Å². The largest absolute Gasteiger partial charge is 0.395 e. The van der Waals surface area contributed by atoms with Gasteiger partial charge in [0.15, 0.2) is 15.5 Å². The highest BCUT2D eigenvalue weighted by molar-refractivity contribution is 7.91. The van der Waals surface area contributed by atoms with Crippen molar-refractivity contribution in [1.29, 1.82) is 0 Å². The summed E-state index contributed by atoms with van der Waals surface area (Å²) in [7, 11) is -2.87. The molecule has 1 aliphatic rings. The number of rotatable bonds is 4. The van der Waals surface area contributed by atoms with Gasteiger partial charge in [-0.25, -0.2) is 18.4 Å². The van der Waals surface area contributed by atoms with Gasteiger partial charge in [-0.2, -0.15) is 0 Å². The molecule has 20 heavy (non-hydrogen) atoms. The number of aliphatic hydroxyl groups excluding tert-OH is 1. The van der Waals surface area contributed by atoms with Crippen LogP contribution in [-0.2, 0) is 22.8 Å². The molecule has 1 fully saturated rings. The van der Waals surface area contributed by atoms with E-state index in [4.69, 9.17) is 0 Å². The van der Waals surface area contributed by atoms with Crippen molar-refractivity contribution in [2.45, 2.75) is 19.4 Å². The lowest BCUT2D eigenvalue weighted by atomic mass is 10.1. The van der Waals surface area contributed by atoms with Crippen LogP contribution in [0, 0.1) is 5.92 Å². The summed E-state index contributed by atoms with van der Waals surface area (Å²) in [5, 5.41) is 9.19. The van der Waals surface area contributed by atoms with E-state index >= 15 is 0 Å². The molecule has 1 atom stereocenters. The van der Waals surface area contributed by atoms with Crippen LogP contribution in [0.25, 0.3) is 11.2 Å². The van der Waals surface area contributed by atoms with E-state index in [1.165, 1.54) is 0 Å². The first kappa shape index (κ1) is 13.5. The zero-order valence-electron chi connectivity index (χ0n) is 11.1. The Morgan fingerprint density at radius 2 is 2.30 bits per heavy atom. The Morgan fingerprint density at radius 1 is 1.45 bits per heavy atom. The number of aromatic nitrogens is 3. The van der Waals surface area contributed by atoms with Gasteiger partial charge >= 0.3 is 0 Å². The molecule has 0 radical (unpaired) electrons. The summed E-state index contributed by atoms with van der Waals surface area (Å²) in [5.41, 5.74) is 1.54. The second-order valence-corrected chi connectivity index (χ2v) is 7.45. The zero-order chi connectivity index (χ0) is 14.2. The standard InChI is InChI=1S/C13H17N3O3S/c17-6-5-16-12(8-10-3-7-20(18,19)9-10)15-11-2-1-4-14-13(11)16/h1-2,4,10,17H,3,5-9H2. The molecule has 0 aliphatic carbocycles. The van der Waals surface area contributed by atoms with Crippen molar-refractivity contribution in [3.8, 4) is 0 Å². The van der Waals surface area contributed by atoms with Gasteiger partial charge in [-0.15, -0.1) is 0 Å². The number of aliphatic hydroxyl groups is 1. The van der Waals surface area contributed by atoms with E-state index in [-0.39, 0.29) is 24.0 Å². The van der Waals surface area contributed by atoms with Gasteiger partial charge in [0.1, 0.15) is 11.3 Å². The number of hydrogen-bond acceptors (Lipinski definition) is 5. The van der Waals surface area contributed by atoms with Crippen LogP contribution < -0.4 is 0 Å². The SMILES string of the molecule is O=S1(=O)CCC(Cc2nc3cccnc3n2CCO)C1. The van der Waals surface area contributed by atoms with Gasteiger partial charge in [-0.3, -0.25) is 0 Å². The van der Waals surface area contributed by atoms with E-state index in [1.807, 2.05) is 16.7 Å². The lowest BCUT2D eigenvalue weighted by Crippen LogP contribution is -2.13. The molecule has 1 unspecified atom stereocenters. The maximum absolute atomic E-state index is 11.5. The molecule has 108 valence electrons. The van der Waals surface area contributed by atoms with Crippen molar-refractivity contribution in [2.24, 2.45) is 5.92 Å². The molecule has 2 aromatic heterocycles. The van der Waals surface area contributed by atoms with Gasteiger partial charge in [0.2, 0.25) is 0 Å². The van der Waals surface area contributed by atoms with Crippen LogP contribution in [0.4, 0.5) is 0 Å². The summed E-state index contributed by atoms with van der Waals surface area (Å²) in [6.45, 7) is 0.445. The minimum atomic E-state index is -2.87. The Morgan fingerprint density at radius 3 is 3.00 bits per heavy atom. The van der Waals surface area contributed by atoms with Gasteiger partial charge in [-0.1, -0.05) is 0 Å². The third-order valence-electron chi connectivity index (χ3n) is 3.70. The van der Waals surface area contributed by atoms with Crippen LogP contribution in [0.2, 0.25) is 0 Å². The topological polar surface area (TPSA) is 85.1 Å². The lowest BCUT2D eigenvalue weighted by Gasteiger charge is -2.10. The summed E-state index contributed by atoms with van der Waals surface area (Å²) < 4.78 is 25.0. The van der Waals surface area contributed by atoms with Crippen molar-refractivity contribution in [1.82, 2.24) is 14.5 Å². The molecule has 0 aromatic carbocycles. The monoisotopic (exact) mass is 295 g/mol. The Balaban J connectivity index is 1.92. The zero-order valence-corrected chi connectivity index (χ0v) is 11.9. The normalized spacial score (nSPS) is 21.6. The Kier molecular flexibility index (Phi) is 3.47. The maximum atomic E-state index is 11.5. The molecule has 0 saturated carbocycles. The van der Waals surface area contributed by atoms with Gasteiger partial charge in [0, 0.05) is 19.2 Å². The number of hydrogen-bond donors (Lipinski definition) is 1. The van der Waals surface area contributed by atoms with Crippen molar-refractivity contribution in [3.05, 3.63) is 24.2 Å². The second-order valence-electron chi connectivity index (χ2n) is 5.22. The number of pyridine rings is 1. The number of sulfone groups is 1. The molecular formula is C13H17N3O3S. The second kappa shape index (κ2) is 5.14. The molecule has 1 N–H and O–H groups in total. The third kappa shape index (κ3) is 2.55. The Hall–Kier alpha value is -1.47. The molecular weight excluding hydrogens is 278 g/mol. The minimum Gasteiger partial charge on any atom is -0.395 e. The fourth-order valence-corrected chi connectivity index (χ4v) is 4.65. The molecule has 0 spiro atoms. The van der Waals surface area contributed by atoms with E-state index in [0.29, 0.717) is 19.4 Å². The number of fused-ring (bicyclic) bond motifs is 1. The van der Waals surface area contributed by atoms with E-state index in [1.54, 1.807) is 6.20 Å². The van der Waals surface area contributed by atoms with Gasteiger partial charge in [0.05, 0.1) is 18.1 Å². The van der Waals surface area contributed by atoms with E-state index in [9.17, 15) is 13.5 Å². The first-order valence-corrected chi connectivity index (χ1v) is 8.52. The number of imidazole rings is 1. The molecule has 3 rings (SSSR count). The Bertz CT molecular complexity index is 724. The highest BCUT2D eigenvalue weighted by atomic mass is 32.2. The smallest absolute Gasteiger partial charge is 0.160 e. The van der Waals surface area contributed by atoms with Crippen molar-refractivity contribution in [2.75, 3.05) is 18.1 Å². The molecule has 6 nitrogen and oxygen atoms in total. The predicted molar refractivity (Wildman–Crippen MR) is 75.1 cm³/mol. The summed E-state index contributed by atoms with van der Waals surface area (Å²) in [5.74, 6) is 1.45. The van der Waals surface area contributed by atoms with Gasteiger partial charge in [0.25, 0.3) is 0 Å². The first-order chi connectivity index (χ1) is 9.59. The summed E-state index contributed by atoms with van der Waals surface area (Å²) in [6, 6.07) is 3.70. The van der Waals surface area contributed by atoms with Crippen LogP contribution in [0.1, 0.15) is 12.2 Å². The first-order valence-electron chi connectivity index (χ1n) is 6.70. The third-order valence-corrected chi connectivity index (χ3v) is 5.54. The van der Waals surface area contributed by atoms with Crippen molar-refractivity contribution >= 4 is 21.0 Å². The highest BCUT2D eigenvalue weighted by Gasteiger charge is 2.29. The van der Waals surface area contributed by atoms with Crippen LogP contribution in [0.15, 0.2) is 18.3 Å². The molecule has 1 saturated heterocycles. The predicted octanol–water partition coefficient (Wildman–Crippen LogP) is 0.401. The summed E-state index contributed by atoms with van der Waals surface area (Å²) in [6.07, 6.45) is 3.01. The van der Waals surface area contributed by atoms with Gasteiger partial charge in [-0.05, 0) is 24.5 Å². The maximum Gasteiger partial charge on any atom is 0.160 e. The molecule has 3 heterocycles. The van der Waals surface area contributed by atoms with Crippen LogP contribution in [-0.4, -0.2) is 46.2 Å². The Labute approximate surface area is 117 Å². The van der Waals surface area contributed by atoms with E-state index in [2.05, 4.69) is 9.97 Å². The summed E-state index contributed by atoms with van der Waals surface area (Å²) in [4.78, 5) is 8.83. The molecule has 7 heteroatoms. The fourth-order valence-electron chi connectivity index (χ4n) is 2.79. The average molecular weight is 295 g/mol. The fraction of sp³-hybridized carbons (Fsp3) is 0.538. The molecule has 0 bridgehead atoms. The average Bonchev–Trinajstić information content (AvgIpc) is 2.92. The minimum absolute atomic E-state index is 0.0119. The van der Waals surface area contributed by atoms with Crippen LogP contribution in [0.3, 0.4) is 0 Å². The van der Waals surface area contributed by atoms with Crippen molar-refractivity contribution in [3.63, 3.8) is 0 Å². The van der Waals surface area contributed by atoms with Crippen LogP contribution >= 0.6 is 0 Å². The quantitative estimate of drug-likeness (QED) is 0.882.